The van der Waals surface area contributed by atoms with E-state index in [1.165, 1.54) is 29.5 Å². The highest BCUT2D eigenvalue weighted by Gasteiger charge is 2.47. The average molecular weight is 597 g/mol. The summed E-state index contributed by atoms with van der Waals surface area (Å²) in [6.07, 6.45) is -2.43. The Hall–Kier alpha value is -2.74. The predicted molar refractivity (Wildman–Crippen MR) is 147 cm³/mol. The van der Waals surface area contributed by atoms with E-state index in [2.05, 4.69) is 42.6 Å². The Morgan fingerprint density at radius 2 is 1.97 bits per heavy atom. The molecular weight excluding hydrogens is 570 g/mol. The zero-order valence-corrected chi connectivity index (χ0v) is 23.7. The third-order valence-corrected chi connectivity index (χ3v) is 9.51. The molecule has 0 fully saturated rings. The van der Waals surface area contributed by atoms with Crippen molar-refractivity contribution in [2.75, 3.05) is 10.6 Å². The largest absolute Gasteiger partial charge is 0.410 e. The van der Waals surface area contributed by atoms with Crippen LogP contribution in [0.1, 0.15) is 77.8 Å². The minimum Gasteiger partial charge on any atom is -0.363 e. The van der Waals surface area contributed by atoms with E-state index in [-0.39, 0.29) is 28.4 Å². The quantitative estimate of drug-likeness (QED) is 0.320. The molecule has 3 aromatic rings. The summed E-state index contributed by atoms with van der Waals surface area (Å²) in [5.74, 6) is -0.163. The molecule has 3 atom stereocenters. The van der Waals surface area contributed by atoms with Gasteiger partial charge in [0, 0.05) is 17.4 Å². The fourth-order valence-electron chi connectivity index (χ4n) is 5.33. The van der Waals surface area contributed by atoms with Crippen molar-refractivity contribution in [1.29, 1.82) is 5.26 Å². The van der Waals surface area contributed by atoms with Crippen LogP contribution in [0.2, 0.25) is 10.0 Å². The van der Waals surface area contributed by atoms with Crippen molar-refractivity contribution in [2.24, 2.45) is 11.3 Å². The van der Waals surface area contributed by atoms with Crippen LogP contribution in [0.15, 0.2) is 24.3 Å². The molecule has 0 saturated heterocycles. The molecule has 1 aliphatic carbocycles. The third kappa shape index (κ3) is 5.37. The van der Waals surface area contributed by atoms with E-state index in [0.29, 0.717) is 27.1 Å². The van der Waals surface area contributed by atoms with Gasteiger partial charge in [0.2, 0.25) is 0 Å². The molecule has 206 valence electrons. The van der Waals surface area contributed by atoms with Gasteiger partial charge in [-0.3, -0.25) is 4.79 Å². The zero-order valence-electron chi connectivity index (χ0n) is 21.4. The molecule has 1 aromatic carbocycles. The number of alkyl halides is 3. The first-order valence-electron chi connectivity index (χ1n) is 12.5. The van der Waals surface area contributed by atoms with Crippen LogP contribution in [-0.4, -0.2) is 21.9 Å². The zero-order chi connectivity index (χ0) is 28.3. The molecule has 1 amide bonds. The molecular formula is C27H26Cl2F3N5OS. The number of rotatable bonds is 3. The number of fused-ring (bicyclic) bond motifs is 2. The van der Waals surface area contributed by atoms with E-state index < -0.39 is 24.2 Å². The third-order valence-electron chi connectivity index (χ3n) is 7.60. The van der Waals surface area contributed by atoms with Gasteiger partial charge in [0.05, 0.1) is 21.7 Å². The van der Waals surface area contributed by atoms with Crippen molar-refractivity contribution < 1.29 is 18.0 Å². The summed E-state index contributed by atoms with van der Waals surface area (Å²) in [4.78, 5) is 14.3. The number of nitriles is 1. The molecule has 39 heavy (non-hydrogen) atoms. The Bertz CT molecular complexity index is 1480. The van der Waals surface area contributed by atoms with Gasteiger partial charge in [-0.2, -0.15) is 23.5 Å². The highest BCUT2D eigenvalue weighted by molar-refractivity contribution is 7.16. The van der Waals surface area contributed by atoms with Gasteiger partial charge in [-0.25, -0.2) is 4.68 Å². The second-order valence-corrected chi connectivity index (χ2v) is 13.0. The molecule has 0 bridgehead atoms. The first-order valence-corrected chi connectivity index (χ1v) is 14.1. The highest BCUT2D eigenvalue weighted by atomic mass is 35.5. The molecule has 12 heteroatoms. The van der Waals surface area contributed by atoms with Crippen LogP contribution in [0.25, 0.3) is 0 Å². The van der Waals surface area contributed by atoms with Crippen LogP contribution in [-0.2, 0) is 12.8 Å². The molecule has 2 aliphatic rings. The number of hydrogen-bond acceptors (Lipinski definition) is 5. The molecule has 5 rings (SSSR count). The molecule has 0 radical (unpaired) electrons. The number of carbonyl (C=O) groups is 1. The topological polar surface area (TPSA) is 82.7 Å². The summed E-state index contributed by atoms with van der Waals surface area (Å²) < 4.78 is 43.1. The van der Waals surface area contributed by atoms with Crippen molar-refractivity contribution in [3.05, 3.63) is 61.6 Å². The molecule has 2 N–H and O–H groups in total. The van der Waals surface area contributed by atoms with Gasteiger partial charge in [-0.1, -0.05) is 50.0 Å². The van der Waals surface area contributed by atoms with Crippen molar-refractivity contribution in [3.8, 4) is 6.07 Å². The van der Waals surface area contributed by atoms with Crippen LogP contribution in [0.4, 0.5) is 24.0 Å². The molecule has 0 unspecified atom stereocenters. The summed E-state index contributed by atoms with van der Waals surface area (Å²) in [7, 11) is 0. The van der Waals surface area contributed by atoms with Gasteiger partial charge in [-0.05, 0) is 53.9 Å². The SMILES string of the molecule is CC(C)(C)[C@H]1CCc2c(sc(NC(=O)c3cc4n(n3)[C@@H](C(F)(F)F)C[C@H](c3ccc(Cl)c(Cl)c3)N4)c2C#N)C1. The van der Waals surface area contributed by atoms with E-state index in [1.54, 1.807) is 6.07 Å². The smallest absolute Gasteiger partial charge is 0.363 e. The lowest BCUT2D eigenvalue weighted by molar-refractivity contribution is -0.173. The second kappa shape index (κ2) is 10.0. The summed E-state index contributed by atoms with van der Waals surface area (Å²) in [5, 5.41) is 20.6. The Morgan fingerprint density at radius 3 is 2.62 bits per heavy atom. The number of anilines is 2. The number of nitrogens with one attached hydrogen (secondary N) is 2. The van der Waals surface area contributed by atoms with Gasteiger partial charge in [0.15, 0.2) is 11.7 Å². The molecule has 6 nitrogen and oxygen atoms in total. The number of aromatic nitrogens is 2. The van der Waals surface area contributed by atoms with Gasteiger partial charge in [-0.15, -0.1) is 11.3 Å². The predicted octanol–water partition coefficient (Wildman–Crippen LogP) is 8.19. The van der Waals surface area contributed by atoms with E-state index in [4.69, 9.17) is 23.2 Å². The summed E-state index contributed by atoms with van der Waals surface area (Å²) in [6.45, 7) is 6.58. The lowest BCUT2D eigenvalue weighted by Crippen LogP contribution is -2.35. The number of thiophene rings is 1. The standard InChI is InChI=1S/C27H26Cl2F3N5OS/c1-26(2,3)14-5-6-15-16(12-33)25(39-21(15)9-14)35-24(38)20-11-23-34-19(13-4-7-17(28)18(29)8-13)10-22(27(30,31)32)37(23)36-20/h4,7-8,11,14,19,22,34H,5-6,9-10H2,1-3H3,(H,35,38)/t14-,19+,22+/m0/s1. The lowest BCUT2D eigenvalue weighted by Gasteiger charge is -2.33. The van der Waals surface area contributed by atoms with Crippen molar-refractivity contribution in [1.82, 2.24) is 9.78 Å². The molecule has 0 spiro atoms. The number of halogens is 5. The minimum atomic E-state index is -4.60. The Kier molecular flexibility index (Phi) is 7.15. The Morgan fingerprint density at radius 1 is 1.23 bits per heavy atom. The lowest BCUT2D eigenvalue weighted by atomic mass is 9.72. The van der Waals surface area contributed by atoms with Crippen LogP contribution in [0, 0.1) is 22.7 Å². The molecule has 2 aromatic heterocycles. The first-order chi connectivity index (χ1) is 18.3. The summed E-state index contributed by atoms with van der Waals surface area (Å²) in [6, 6.07) is 5.51. The summed E-state index contributed by atoms with van der Waals surface area (Å²) >= 11 is 13.4. The van der Waals surface area contributed by atoms with Crippen LogP contribution >= 0.6 is 34.5 Å². The normalized spacial score (nSPS) is 20.9. The van der Waals surface area contributed by atoms with E-state index >= 15 is 0 Å². The highest BCUT2D eigenvalue weighted by Crippen LogP contribution is 2.46. The Labute approximate surface area is 238 Å². The fraction of sp³-hybridized carbons (Fsp3) is 0.444. The number of carbonyl (C=O) groups excluding carboxylic acids is 1. The van der Waals surface area contributed by atoms with E-state index in [0.717, 1.165) is 34.4 Å². The van der Waals surface area contributed by atoms with Crippen LogP contribution < -0.4 is 10.6 Å². The van der Waals surface area contributed by atoms with E-state index in [1.807, 2.05) is 0 Å². The minimum absolute atomic E-state index is 0.0591. The second-order valence-electron chi connectivity index (χ2n) is 11.1. The van der Waals surface area contributed by atoms with Gasteiger partial charge >= 0.3 is 6.18 Å². The van der Waals surface area contributed by atoms with Crippen LogP contribution in [0.3, 0.4) is 0 Å². The maximum atomic E-state index is 14.1. The van der Waals surface area contributed by atoms with Gasteiger partial charge in [0.25, 0.3) is 5.91 Å². The average Bonchev–Trinajstić information content (AvgIpc) is 3.44. The maximum absolute atomic E-state index is 14.1. The summed E-state index contributed by atoms with van der Waals surface area (Å²) in [5.41, 5.74) is 1.85. The van der Waals surface area contributed by atoms with Gasteiger partial charge in [0.1, 0.15) is 16.9 Å². The number of amides is 1. The number of hydrogen-bond donors (Lipinski definition) is 2. The molecule has 1 aliphatic heterocycles. The Balaban J connectivity index is 1.43. The maximum Gasteiger partial charge on any atom is 0.410 e. The van der Waals surface area contributed by atoms with Crippen molar-refractivity contribution in [3.63, 3.8) is 0 Å². The monoisotopic (exact) mass is 595 g/mol. The van der Waals surface area contributed by atoms with Crippen LogP contribution in [0.5, 0.6) is 0 Å². The van der Waals surface area contributed by atoms with E-state index in [9.17, 15) is 23.2 Å². The number of benzene rings is 1. The molecule has 0 saturated carbocycles. The number of nitrogens with zero attached hydrogens (tertiary/aromatic N) is 3. The molecule has 3 heterocycles. The fourth-order valence-corrected chi connectivity index (χ4v) is 6.91. The first kappa shape index (κ1) is 27.8. The van der Waals surface area contributed by atoms with Crippen molar-refractivity contribution >= 4 is 51.3 Å². The van der Waals surface area contributed by atoms with Gasteiger partial charge < -0.3 is 10.6 Å². The van der Waals surface area contributed by atoms with Crippen molar-refractivity contribution in [2.45, 2.75) is 64.7 Å².